The third-order valence-electron chi connectivity index (χ3n) is 6.62. The quantitative estimate of drug-likeness (QED) is 0.695. The standard InChI is InChI=1S/C23H36N6O/c1-17(2)15-22(23-24-25-26-29(23)16-20-8-6-14-30-20)28-12-10-27(11-13-28)21-9-5-7-18(3)19(21)4/h5,7,9,17,20,22H,6,8,10-16H2,1-4H3/t20-,22-/m0/s1. The molecule has 1 aromatic heterocycles. The van der Waals surface area contributed by atoms with E-state index in [1.807, 2.05) is 4.68 Å². The minimum Gasteiger partial charge on any atom is -0.376 e. The van der Waals surface area contributed by atoms with Crippen LogP contribution in [0.3, 0.4) is 0 Å². The zero-order chi connectivity index (χ0) is 21.1. The van der Waals surface area contributed by atoms with E-state index in [9.17, 15) is 0 Å². The van der Waals surface area contributed by atoms with Crippen molar-refractivity contribution < 1.29 is 4.74 Å². The highest BCUT2D eigenvalue weighted by Crippen LogP contribution is 2.30. The van der Waals surface area contributed by atoms with Crippen molar-refractivity contribution in [2.45, 2.75) is 65.6 Å². The summed E-state index contributed by atoms with van der Waals surface area (Å²) >= 11 is 0. The molecule has 0 saturated carbocycles. The van der Waals surface area contributed by atoms with Gasteiger partial charge in [0, 0.05) is 38.5 Å². The first-order valence-corrected chi connectivity index (χ1v) is 11.5. The first kappa shape index (κ1) is 21.2. The van der Waals surface area contributed by atoms with E-state index in [-0.39, 0.29) is 12.1 Å². The topological polar surface area (TPSA) is 59.3 Å². The van der Waals surface area contributed by atoms with Gasteiger partial charge in [0.15, 0.2) is 5.82 Å². The number of tetrazole rings is 1. The van der Waals surface area contributed by atoms with Crippen LogP contribution in [-0.2, 0) is 11.3 Å². The van der Waals surface area contributed by atoms with Gasteiger partial charge in [-0.15, -0.1) is 5.10 Å². The van der Waals surface area contributed by atoms with E-state index in [2.05, 4.69) is 71.2 Å². The molecule has 4 rings (SSSR count). The van der Waals surface area contributed by atoms with Crippen molar-refractivity contribution in [3.8, 4) is 0 Å². The summed E-state index contributed by atoms with van der Waals surface area (Å²) in [6.45, 7) is 14.7. The number of hydrogen-bond acceptors (Lipinski definition) is 6. The van der Waals surface area contributed by atoms with Gasteiger partial charge < -0.3 is 9.64 Å². The minimum atomic E-state index is 0.244. The lowest BCUT2D eigenvalue weighted by molar-refractivity contribution is 0.0885. The zero-order valence-corrected chi connectivity index (χ0v) is 18.9. The van der Waals surface area contributed by atoms with Crippen LogP contribution in [0.5, 0.6) is 0 Å². The van der Waals surface area contributed by atoms with Crippen LogP contribution >= 0.6 is 0 Å². The summed E-state index contributed by atoms with van der Waals surface area (Å²) in [5.41, 5.74) is 4.13. The van der Waals surface area contributed by atoms with Crippen LogP contribution in [0.25, 0.3) is 0 Å². The summed E-state index contributed by atoms with van der Waals surface area (Å²) in [7, 11) is 0. The Balaban J connectivity index is 1.48. The van der Waals surface area contributed by atoms with Gasteiger partial charge in [0.05, 0.1) is 18.7 Å². The summed E-state index contributed by atoms with van der Waals surface area (Å²) in [6.07, 6.45) is 3.55. The Kier molecular flexibility index (Phi) is 6.68. The highest BCUT2D eigenvalue weighted by molar-refractivity contribution is 5.56. The van der Waals surface area contributed by atoms with Gasteiger partial charge in [0.2, 0.25) is 0 Å². The first-order chi connectivity index (χ1) is 14.5. The number of ether oxygens (including phenoxy) is 1. The van der Waals surface area contributed by atoms with Gasteiger partial charge in [-0.2, -0.15) is 0 Å². The van der Waals surface area contributed by atoms with E-state index in [4.69, 9.17) is 4.74 Å². The Morgan fingerprint density at radius 1 is 1.13 bits per heavy atom. The van der Waals surface area contributed by atoms with Crippen molar-refractivity contribution in [2.24, 2.45) is 5.92 Å². The highest BCUT2D eigenvalue weighted by Gasteiger charge is 2.31. The number of aromatic nitrogens is 4. The maximum atomic E-state index is 5.83. The molecular weight excluding hydrogens is 376 g/mol. The fraction of sp³-hybridized carbons (Fsp3) is 0.696. The summed E-state index contributed by atoms with van der Waals surface area (Å²) in [6, 6.07) is 6.88. The molecule has 2 aliphatic rings. The monoisotopic (exact) mass is 412 g/mol. The van der Waals surface area contributed by atoms with Gasteiger partial charge in [0.25, 0.3) is 0 Å². The second kappa shape index (κ2) is 9.43. The predicted molar refractivity (Wildman–Crippen MR) is 119 cm³/mol. The van der Waals surface area contributed by atoms with Gasteiger partial charge in [-0.3, -0.25) is 4.90 Å². The molecule has 0 unspecified atom stereocenters. The molecule has 2 aliphatic heterocycles. The fourth-order valence-electron chi connectivity index (χ4n) is 4.78. The molecule has 0 spiro atoms. The Bertz CT molecular complexity index is 821. The minimum absolute atomic E-state index is 0.244. The second-order valence-electron chi connectivity index (χ2n) is 9.24. The summed E-state index contributed by atoms with van der Waals surface area (Å²) in [4.78, 5) is 5.11. The maximum Gasteiger partial charge on any atom is 0.168 e. The van der Waals surface area contributed by atoms with Gasteiger partial charge in [-0.25, -0.2) is 4.68 Å². The van der Waals surface area contributed by atoms with Gasteiger partial charge >= 0.3 is 0 Å². The SMILES string of the molecule is Cc1cccc(N2CCN([C@@H](CC(C)C)c3nnnn3C[C@@H]3CCCO3)CC2)c1C. The molecule has 2 saturated heterocycles. The molecule has 0 amide bonds. The average molecular weight is 413 g/mol. The van der Waals surface area contributed by atoms with E-state index in [1.165, 1.54) is 16.8 Å². The smallest absolute Gasteiger partial charge is 0.168 e. The highest BCUT2D eigenvalue weighted by atomic mass is 16.5. The predicted octanol–water partition coefficient (Wildman–Crippen LogP) is 3.38. The number of anilines is 1. The van der Waals surface area contributed by atoms with Crippen molar-refractivity contribution in [1.29, 1.82) is 0 Å². The lowest BCUT2D eigenvalue weighted by Gasteiger charge is -2.40. The molecule has 7 nitrogen and oxygen atoms in total. The third kappa shape index (κ3) is 4.67. The number of hydrogen-bond donors (Lipinski definition) is 0. The number of rotatable bonds is 7. The van der Waals surface area contributed by atoms with Crippen LogP contribution in [0.4, 0.5) is 5.69 Å². The van der Waals surface area contributed by atoms with E-state index < -0.39 is 0 Å². The van der Waals surface area contributed by atoms with E-state index in [0.29, 0.717) is 5.92 Å². The Labute approximate surface area is 180 Å². The van der Waals surface area contributed by atoms with E-state index in [0.717, 1.165) is 64.4 Å². The maximum absolute atomic E-state index is 5.83. The molecule has 0 radical (unpaired) electrons. The molecule has 0 aliphatic carbocycles. The lowest BCUT2D eigenvalue weighted by atomic mass is 10.0. The largest absolute Gasteiger partial charge is 0.376 e. The number of aryl methyl sites for hydroxylation is 1. The van der Waals surface area contributed by atoms with Crippen LogP contribution in [0.1, 0.15) is 56.1 Å². The molecular formula is C23H36N6O. The summed E-state index contributed by atoms with van der Waals surface area (Å²) in [5.74, 6) is 1.58. The lowest BCUT2D eigenvalue weighted by Crippen LogP contribution is -2.48. The Morgan fingerprint density at radius 2 is 1.93 bits per heavy atom. The van der Waals surface area contributed by atoms with Crippen molar-refractivity contribution in [3.05, 3.63) is 35.2 Å². The van der Waals surface area contributed by atoms with Crippen molar-refractivity contribution in [2.75, 3.05) is 37.7 Å². The molecule has 2 atom stereocenters. The van der Waals surface area contributed by atoms with Crippen LogP contribution in [-0.4, -0.2) is 64.0 Å². The molecule has 2 aromatic rings. The van der Waals surface area contributed by atoms with Gasteiger partial charge in [0.1, 0.15) is 0 Å². The average Bonchev–Trinajstić information content (AvgIpc) is 3.41. The Hall–Kier alpha value is -1.99. The number of piperazine rings is 1. The zero-order valence-electron chi connectivity index (χ0n) is 18.9. The van der Waals surface area contributed by atoms with Crippen LogP contribution in [0, 0.1) is 19.8 Å². The van der Waals surface area contributed by atoms with Crippen LogP contribution in [0.15, 0.2) is 18.2 Å². The molecule has 3 heterocycles. The van der Waals surface area contributed by atoms with Crippen molar-refractivity contribution in [3.63, 3.8) is 0 Å². The van der Waals surface area contributed by atoms with E-state index >= 15 is 0 Å². The van der Waals surface area contributed by atoms with Gasteiger partial charge in [-0.05, 0) is 66.6 Å². The third-order valence-corrected chi connectivity index (χ3v) is 6.62. The molecule has 1 aromatic carbocycles. The van der Waals surface area contributed by atoms with Crippen LogP contribution in [0.2, 0.25) is 0 Å². The fourth-order valence-corrected chi connectivity index (χ4v) is 4.78. The Morgan fingerprint density at radius 3 is 2.63 bits per heavy atom. The number of nitrogens with zero attached hydrogens (tertiary/aromatic N) is 6. The second-order valence-corrected chi connectivity index (χ2v) is 9.24. The van der Waals surface area contributed by atoms with E-state index in [1.54, 1.807) is 0 Å². The molecule has 0 N–H and O–H groups in total. The first-order valence-electron chi connectivity index (χ1n) is 11.5. The normalized spacial score (nSPS) is 21.5. The molecule has 7 heteroatoms. The summed E-state index contributed by atoms with van der Waals surface area (Å²) in [5, 5.41) is 12.8. The van der Waals surface area contributed by atoms with Gasteiger partial charge in [-0.1, -0.05) is 26.0 Å². The van der Waals surface area contributed by atoms with Crippen LogP contribution < -0.4 is 4.90 Å². The molecule has 30 heavy (non-hydrogen) atoms. The summed E-state index contributed by atoms with van der Waals surface area (Å²) < 4.78 is 7.83. The molecule has 164 valence electrons. The molecule has 0 bridgehead atoms. The number of benzene rings is 1. The molecule has 2 fully saturated rings. The van der Waals surface area contributed by atoms with Crippen molar-refractivity contribution in [1.82, 2.24) is 25.1 Å². The van der Waals surface area contributed by atoms with Crippen molar-refractivity contribution >= 4 is 5.69 Å².